The zero-order valence-corrected chi connectivity index (χ0v) is 11.4. The molecule has 1 aliphatic rings. The molecule has 6 nitrogen and oxygen atoms in total. The first-order valence-corrected chi connectivity index (χ1v) is 6.47. The predicted molar refractivity (Wildman–Crippen MR) is 71.6 cm³/mol. The monoisotopic (exact) mass is 281 g/mol. The number of aryl methyl sites for hydroxylation is 1. The van der Waals surface area contributed by atoms with E-state index >= 15 is 0 Å². The maximum absolute atomic E-state index is 11.8. The Labute approximate surface area is 117 Å². The fraction of sp³-hybridized carbons (Fsp3) is 0.500. The summed E-state index contributed by atoms with van der Waals surface area (Å²) in [6, 6.07) is 5.56. The average molecular weight is 281 g/mol. The number of carbonyl (C=O) groups is 1. The molecule has 3 N–H and O–H groups in total. The van der Waals surface area contributed by atoms with Crippen LogP contribution in [0.5, 0.6) is 11.5 Å². The highest BCUT2D eigenvalue weighted by molar-refractivity contribution is 5.77. The van der Waals surface area contributed by atoms with Crippen LogP contribution >= 0.6 is 0 Å². The van der Waals surface area contributed by atoms with Gasteiger partial charge in [0.1, 0.15) is 0 Å². The summed E-state index contributed by atoms with van der Waals surface area (Å²) in [5.41, 5.74) is -0.00880. The number of fused-ring (bicyclic) bond motifs is 1. The standard InChI is InChI=1S/C14H19NO5/c1-14(7-16,8-17)15-13(18)5-3-10-2-4-11-12(6-10)20-9-19-11/h2,4,6,16-17H,3,5,7-9H2,1H3,(H,15,18). The smallest absolute Gasteiger partial charge is 0.231 e. The summed E-state index contributed by atoms with van der Waals surface area (Å²) >= 11 is 0. The van der Waals surface area contributed by atoms with E-state index in [0.29, 0.717) is 17.9 Å². The summed E-state index contributed by atoms with van der Waals surface area (Å²) in [6.07, 6.45) is 0.824. The first kappa shape index (κ1) is 14.6. The molecule has 0 saturated carbocycles. The minimum absolute atomic E-state index is 0.215. The Morgan fingerprint density at radius 3 is 2.70 bits per heavy atom. The van der Waals surface area contributed by atoms with Gasteiger partial charge in [-0.3, -0.25) is 4.79 Å². The molecule has 1 aromatic rings. The van der Waals surface area contributed by atoms with Crippen LogP contribution < -0.4 is 14.8 Å². The van der Waals surface area contributed by atoms with Gasteiger partial charge in [-0.25, -0.2) is 0 Å². The highest BCUT2D eigenvalue weighted by Crippen LogP contribution is 2.32. The summed E-state index contributed by atoms with van der Waals surface area (Å²) in [4.78, 5) is 11.8. The molecule has 1 aliphatic heterocycles. The molecular weight excluding hydrogens is 262 g/mol. The molecule has 0 aliphatic carbocycles. The van der Waals surface area contributed by atoms with E-state index in [1.807, 2.05) is 18.2 Å². The van der Waals surface area contributed by atoms with E-state index in [9.17, 15) is 4.79 Å². The molecule has 0 aromatic heterocycles. The molecule has 0 radical (unpaired) electrons. The second-order valence-corrected chi connectivity index (χ2v) is 5.11. The number of hydrogen-bond acceptors (Lipinski definition) is 5. The molecule has 1 amide bonds. The van der Waals surface area contributed by atoms with Crippen molar-refractivity contribution in [2.45, 2.75) is 25.3 Å². The lowest BCUT2D eigenvalue weighted by atomic mass is 10.0. The van der Waals surface area contributed by atoms with E-state index < -0.39 is 5.54 Å². The highest BCUT2D eigenvalue weighted by atomic mass is 16.7. The van der Waals surface area contributed by atoms with Crippen molar-refractivity contribution in [3.63, 3.8) is 0 Å². The SMILES string of the molecule is CC(CO)(CO)NC(=O)CCc1ccc2c(c1)OCO2. The molecular formula is C14H19NO5. The van der Waals surface area contributed by atoms with E-state index in [0.717, 1.165) is 5.56 Å². The fourth-order valence-corrected chi connectivity index (χ4v) is 1.88. The average Bonchev–Trinajstić information content (AvgIpc) is 2.92. The van der Waals surface area contributed by atoms with Crippen molar-refractivity contribution < 1.29 is 24.5 Å². The molecule has 0 atom stereocenters. The van der Waals surface area contributed by atoms with Crippen molar-refractivity contribution in [1.82, 2.24) is 5.32 Å². The molecule has 6 heteroatoms. The van der Waals surface area contributed by atoms with Gasteiger partial charge in [0, 0.05) is 6.42 Å². The molecule has 110 valence electrons. The summed E-state index contributed by atoms with van der Waals surface area (Å²) in [5.74, 6) is 1.19. The zero-order chi connectivity index (χ0) is 14.6. The van der Waals surface area contributed by atoms with Gasteiger partial charge in [0.15, 0.2) is 11.5 Å². The molecule has 0 fully saturated rings. The van der Waals surface area contributed by atoms with Crippen molar-refractivity contribution >= 4 is 5.91 Å². The number of benzene rings is 1. The van der Waals surface area contributed by atoms with E-state index in [1.165, 1.54) is 0 Å². The van der Waals surface area contributed by atoms with Crippen molar-refractivity contribution in [1.29, 1.82) is 0 Å². The van der Waals surface area contributed by atoms with E-state index in [4.69, 9.17) is 19.7 Å². The summed E-state index contributed by atoms with van der Waals surface area (Å²) in [5, 5.41) is 20.9. The fourth-order valence-electron chi connectivity index (χ4n) is 1.88. The van der Waals surface area contributed by atoms with Gasteiger partial charge >= 0.3 is 0 Å². The second-order valence-electron chi connectivity index (χ2n) is 5.11. The second kappa shape index (κ2) is 6.11. The lowest BCUT2D eigenvalue weighted by Gasteiger charge is -2.26. The van der Waals surface area contributed by atoms with Gasteiger partial charge in [-0.05, 0) is 31.0 Å². The molecule has 0 bridgehead atoms. The van der Waals surface area contributed by atoms with E-state index in [-0.39, 0.29) is 32.3 Å². The molecule has 0 unspecified atom stereocenters. The third kappa shape index (κ3) is 3.40. The first-order chi connectivity index (χ1) is 9.56. The number of ether oxygens (including phenoxy) is 2. The molecule has 1 aromatic carbocycles. The van der Waals surface area contributed by atoms with Gasteiger partial charge < -0.3 is 25.0 Å². The van der Waals surface area contributed by atoms with Crippen LogP contribution in [0.3, 0.4) is 0 Å². The summed E-state index contributed by atoms with van der Waals surface area (Å²) < 4.78 is 10.5. The maximum atomic E-state index is 11.8. The topological polar surface area (TPSA) is 88.0 Å². The van der Waals surface area contributed by atoms with Gasteiger partial charge in [0.05, 0.1) is 18.8 Å². The van der Waals surface area contributed by atoms with Gasteiger partial charge in [-0.1, -0.05) is 6.07 Å². The number of aliphatic hydroxyl groups excluding tert-OH is 2. The predicted octanol–water partition coefficient (Wildman–Crippen LogP) is 0.207. The Hall–Kier alpha value is -1.79. The molecule has 1 heterocycles. The van der Waals surface area contributed by atoms with Crippen molar-refractivity contribution in [3.05, 3.63) is 23.8 Å². The van der Waals surface area contributed by atoms with Crippen LogP contribution in [-0.4, -0.2) is 41.7 Å². The van der Waals surface area contributed by atoms with Crippen molar-refractivity contribution in [3.8, 4) is 11.5 Å². The zero-order valence-electron chi connectivity index (χ0n) is 11.4. The Morgan fingerprint density at radius 2 is 2.00 bits per heavy atom. The molecule has 0 spiro atoms. The van der Waals surface area contributed by atoms with Crippen LogP contribution in [0.2, 0.25) is 0 Å². The number of carbonyl (C=O) groups excluding carboxylic acids is 1. The number of nitrogens with one attached hydrogen (secondary N) is 1. The highest BCUT2D eigenvalue weighted by Gasteiger charge is 2.24. The van der Waals surface area contributed by atoms with Gasteiger partial charge in [-0.2, -0.15) is 0 Å². The van der Waals surface area contributed by atoms with Crippen LogP contribution in [0.15, 0.2) is 18.2 Å². The van der Waals surface area contributed by atoms with Crippen molar-refractivity contribution in [2.75, 3.05) is 20.0 Å². The van der Waals surface area contributed by atoms with Crippen molar-refractivity contribution in [2.24, 2.45) is 0 Å². The Balaban J connectivity index is 1.87. The van der Waals surface area contributed by atoms with Gasteiger partial charge in [-0.15, -0.1) is 0 Å². The largest absolute Gasteiger partial charge is 0.454 e. The third-order valence-electron chi connectivity index (χ3n) is 3.22. The van der Waals surface area contributed by atoms with Gasteiger partial charge in [0.2, 0.25) is 12.7 Å². The Kier molecular flexibility index (Phi) is 4.46. The maximum Gasteiger partial charge on any atom is 0.231 e. The van der Waals surface area contributed by atoms with Crippen LogP contribution in [0.25, 0.3) is 0 Å². The quantitative estimate of drug-likeness (QED) is 0.693. The van der Waals surface area contributed by atoms with Crippen LogP contribution in [0.1, 0.15) is 18.9 Å². The van der Waals surface area contributed by atoms with E-state index in [1.54, 1.807) is 6.92 Å². The number of amides is 1. The third-order valence-corrected chi connectivity index (χ3v) is 3.22. The minimum atomic E-state index is -0.980. The number of rotatable bonds is 6. The number of aliphatic hydroxyl groups is 2. The molecule has 0 saturated heterocycles. The van der Waals surface area contributed by atoms with Crippen LogP contribution in [0, 0.1) is 0 Å². The summed E-state index contributed by atoms with van der Waals surface area (Å²) in [6.45, 7) is 1.20. The lowest BCUT2D eigenvalue weighted by molar-refractivity contribution is -0.124. The lowest BCUT2D eigenvalue weighted by Crippen LogP contribution is -2.51. The molecule has 20 heavy (non-hydrogen) atoms. The van der Waals surface area contributed by atoms with Gasteiger partial charge in [0.25, 0.3) is 0 Å². The minimum Gasteiger partial charge on any atom is -0.454 e. The number of hydrogen-bond donors (Lipinski definition) is 3. The molecule has 2 rings (SSSR count). The Bertz CT molecular complexity index is 484. The normalized spacial score (nSPS) is 13.3. The first-order valence-electron chi connectivity index (χ1n) is 6.47. The van der Waals surface area contributed by atoms with Crippen LogP contribution in [-0.2, 0) is 11.2 Å². The van der Waals surface area contributed by atoms with E-state index in [2.05, 4.69) is 5.32 Å². The van der Waals surface area contributed by atoms with Crippen LogP contribution in [0.4, 0.5) is 0 Å². The summed E-state index contributed by atoms with van der Waals surface area (Å²) in [7, 11) is 0. The Morgan fingerprint density at radius 1 is 1.30 bits per heavy atom.